The first-order valence-corrected chi connectivity index (χ1v) is 13.2. The number of hydrogen-bond donors (Lipinski definition) is 4. The van der Waals surface area contributed by atoms with Crippen LogP contribution < -0.4 is 10.6 Å². The number of carbonyl (C=O) groups excluding carboxylic acids is 4. The van der Waals surface area contributed by atoms with E-state index in [0.29, 0.717) is 5.69 Å². The maximum atomic E-state index is 12.9. The van der Waals surface area contributed by atoms with Crippen molar-refractivity contribution >= 4 is 47.3 Å². The fraction of sp³-hybridized carbons (Fsp3) is 0.565. The van der Waals surface area contributed by atoms with Gasteiger partial charge in [-0.1, -0.05) is 0 Å². The monoisotopic (exact) mass is 537 g/mol. The second-order valence-corrected chi connectivity index (χ2v) is 9.88. The molecule has 13 nitrogen and oxygen atoms in total. The molecule has 2 aliphatic rings. The molecule has 0 aromatic carbocycles. The van der Waals surface area contributed by atoms with Crippen LogP contribution in [-0.2, 0) is 31.0 Å². The zero-order chi connectivity index (χ0) is 27.3. The van der Waals surface area contributed by atoms with Gasteiger partial charge in [-0.05, 0) is 31.2 Å². The van der Waals surface area contributed by atoms with Gasteiger partial charge in [0.05, 0.1) is 17.8 Å². The van der Waals surface area contributed by atoms with Gasteiger partial charge < -0.3 is 35.2 Å². The summed E-state index contributed by atoms with van der Waals surface area (Å²) in [7, 11) is 1.68. The van der Waals surface area contributed by atoms with Crippen molar-refractivity contribution in [3.8, 4) is 0 Å². The summed E-state index contributed by atoms with van der Waals surface area (Å²) in [5, 5.41) is 24.7. The van der Waals surface area contributed by atoms with Crippen LogP contribution >= 0.6 is 11.8 Å². The molecule has 1 aromatic rings. The lowest BCUT2D eigenvalue weighted by Gasteiger charge is -2.27. The summed E-state index contributed by atoms with van der Waals surface area (Å²) in [5.74, 6) is -4.29. The maximum absolute atomic E-state index is 12.9. The van der Waals surface area contributed by atoms with Gasteiger partial charge in [-0.25, -0.2) is 9.59 Å². The van der Waals surface area contributed by atoms with Crippen LogP contribution in [0.2, 0.25) is 0 Å². The Bertz CT molecular complexity index is 1080. The van der Waals surface area contributed by atoms with Gasteiger partial charge >= 0.3 is 11.9 Å². The first-order valence-electron chi connectivity index (χ1n) is 11.8. The van der Waals surface area contributed by atoms with Crippen molar-refractivity contribution in [3.05, 3.63) is 24.0 Å². The average Bonchev–Trinajstić information content (AvgIpc) is 3.55. The van der Waals surface area contributed by atoms with Gasteiger partial charge in [0.15, 0.2) is 0 Å². The molecular weight excluding hydrogens is 506 g/mol. The van der Waals surface area contributed by atoms with Gasteiger partial charge in [-0.2, -0.15) is 11.8 Å². The lowest BCUT2D eigenvalue weighted by molar-refractivity contribution is -0.151. The number of carboxylic acids is 2. The lowest BCUT2D eigenvalue weighted by atomic mass is 10.1. The number of thioether (sulfide) groups is 1. The molecule has 2 saturated heterocycles. The number of hydrogen-bond acceptors (Lipinski definition) is 7. The number of carboxylic acid groups (broad SMARTS) is 2. The highest BCUT2D eigenvalue weighted by molar-refractivity contribution is 7.99. The van der Waals surface area contributed by atoms with E-state index in [-0.39, 0.29) is 50.4 Å². The van der Waals surface area contributed by atoms with Crippen LogP contribution in [-0.4, -0.2) is 109 Å². The Labute approximate surface area is 217 Å². The molecular formula is C23H31N5O8S. The van der Waals surface area contributed by atoms with Crippen LogP contribution in [0.5, 0.6) is 0 Å². The molecule has 0 spiro atoms. The van der Waals surface area contributed by atoms with Crippen LogP contribution in [0.3, 0.4) is 0 Å². The zero-order valence-corrected chi connectivity index (χ0v) is 21.4. The Hall–Kier alpha value is -3.55. The topological polar surface area (TPSA) is 178 Å². The molecule has 202 valence electrons. The molecule has 37 heavy (non-hydrogen) atoms. The maximum Gasteiger partial charge on any atom is 0.328 e. The molecule has 2 fully saturated rings. The fourth-order valence-corrected chi connectivity index (χ4v) is 5.22. The summed E-state index contributed by atoms with van der Waals surface area (Å²) < 4.78 is 1.59. The summed E-state index contributed by atoms with van der Waals surface area (Å²) in [4.78, 5) is 76.3. The zero-order valence-electron chi connectivity index (χ0n) is 20.6. The number of aromatic nitrogens is 1. The Morgan fingerprint density at radius 1 is 0.919 bits per heavy atom. The van der Waals surface area contributed by atoms with Gasteiger partial charge in [0.25, 0.3) is 5.91 Å². The molecule has 4 N–H and O–H groups in total. The Kier molecular flexibility index (Phi) is 9.18. The molecule has 2 aliphatic heterocycles. The van der Waals surface area contributed by atoms with Crippen LogP contribution in [0.1, 0.15) is 36.2 Å². The van der Waals surface area contributed by atoms with E-state index in [9.17, 15) is 39.0 Å². The molecule has 4 amide bonds. The number of carbonyl (C=O) groups is 6. The second-order valence-electron chi connectivity index (χ2n) is 9.01. The number of aliphatic carboxylic acids is 2. The van der Waals surface area contributed by atoms with E-state index in [4.69, 9.17) is 0 Å². The predicted molar refractivity (Wildman–Crippen MR) is 132 cm³/mol. The quantitative estimate of drug-likeness (QED) is 0.295. The molecule has 0 bridgehead atoms. The standard InChI is InChI=1S/C23H31N5O8S/c1-26-9-3-4-15(26)21(32)25-14-8-11-28(20(14)23(35)36)18(31)6-5-17(30)27-10-7-13(19(27)22(33)34)24-16(29)12-37-2/h3-4,9,13-14,19-20H,5-8,10-12H2,1-2H3,(H,24,29)(H,25,32)(H,33,34)(H,35,36). The van der Waals surface area contributed by atoms with Crippen LogP contribution in [0.15, 0.2) is 18.3 Å². The Balaban J connectivity index is 1.59. The van der Waals surface area contributed by atoms with Crippen LogP contribution in [0.25, 0.3) is 0 Å². The minimum Gasteiger partial charge on any atom is -0.480 e. The van der Waals surface area contributed by atoms with E-state index < -0.39 is 53.8 Å². The van der Waals surface area contributed by atoms with E-state index in [1.807, 2.05) is 0 Å². The highest BCUT2D eigenvalue weighted by Crippen LogP contribution is 2.23. The van der Waals surface area contributed by atoms with E-state index in [1.165, 1.54) is 11.8 Å². The van der Waals surface area contributed by atoms with E-state index in [0.717, 1.165) is 9.80 Å². The van der Waals surface area contributed by atoms with Crippen molar-refractivity contribution in [3.63, 3.8) is 0 Å². The van der Waals surface area contributed by atoms with Crippen molar-refractivity contribution in [1.82, 2.24) is 25.0 Å². The number of likely N-dealkylation sites (tertiary alicyclic amines) is 2. The summed E-state index contributed by atoms with van der Waals surface area (Å²) in [6.45, 7) is 0.204. The molecule has 4 atom stereocenters. The minimum atomic E-state index is -1.29. The molecule has 0 radical (unpaired) electrons. The van der Waals surface area contributed by atoms with Gasteiger partial charge in [-0.3, -0.25) is 19.2 Å². The molecule has 0 aliphatic carbocycles. The predicted octanol–water partition coefficient (Wildman–Crippen LogP) is -0.877. The van der Waals surface area contributed by atoms with Crippen LogP contribution in [0.4, 0.5) is 0 Å². The lowest BCUT2D eigenvalue weighted by Crippen LogP contribution is -2.52. The molecule has 3 rings (SSSR count). The van der Waals surface area contributed by atoms with E-state index >= 15 is 0 Å². The third-order valence-corrected chi connectivity index (χ3v) is 7.16. The van der Waals surface area contributed by atoms with Crippen molar-refractivity contribution in [1.29, 1.82) is 0 Å². The van der Waals surface area contributed by atoms with Crippen molar-refractivity contribution in [2.24, 2.45) is 7.05 Å². The van der Waals surface area contributed by atoms with Crippen molar-refractivity contribution < 1.29 is 39.0 Å². The number of nitrogens with one attached hydrogen (secondary N) is 2. The Morgan fingerprint density at radius 3 is 1.86 bits per heavy atom. The highest BCUT2D eigenvalue weighted by Gasteiger charge is 2.44. The Morgan fingerprint density at radius 2 is 1.43 bits per heavy atom. The van der Waals surface area contributed by atoms with Crippen molar-refractivity contribution in [2.45, 2.75) is 49.9 Å². The summed E-state index contributed by atoms with van der Waals surface area (Å²) in [5.41, 5.74) is 0.348. The average molecular weight is 538 g/mol. The molecule has 3 heterocycles. The number of nitrogens with zero attached hydrogens (tertiary/aromatic N) is 3. The van der Waals surface area contributed by atoms with E-state index in [1.54, 1.807) is 36.2 Å². The highest BCUT2D eigenvalue weighted by atomic mass is 32.2. The summed E-state index contributed by atoms with van der Waals surface area (Å²) >= 11 is 1.29. The fourth-order valence-electron chi connectivity index (χ4n) is 4.88. The van der Waals surface area contributed by atoms with E-state index in [2.05, 4.69) is 10.6 Å². The van der Waals surface area contributed by atoms with Crippen molar-refractivity contribution in [2.75, 3.05) is 25.1 Å². The first kappa shape index (κ1) is 28.0. The third kappa shape index (κ3) is 6.42. The normalized spacial score (nSPS) is 23.1. The number of aryl methyl sites for hydroxylation is 1. The molecule has 1 aromatic heterocycles. The smallest absolute Gasteiger partial charge is 0.328 e. The minimum absolute atomic E-state index is 0.0904. The number of rotatable bonds is 10. The number of amides is 4. The van der Waals surface area contributed by atoms with Gasteiger partial charge in [0.2, 0.25) is 17.7 Å². The second kappa shape index (κ2) is 12.1. The third-order valence-electron chi connectivity index (χ3n) is 6.61. The molecule has 4 unspecified atom stereocenters. The molecule has 14 heteroatoms. The SMILES string of the molecule is CSCC(=O)NC1CCN(C(=O)CCC(=O)N2CCC(NC(=O)c3cccn3C)C2C(=O)O)C1C(=O)O. The van der Waals surface area contributed by atoms with Gasteiger partial charge in [0.1, 0.15) is 17.8 Å². The first-order chi connectivity index (χ1) is 17.5. The summed E-state index contributed by atoms with van der Waals surface area (Å²) in [6.07, 6.45) is 3.31. The largest absolute Gasteiger partial charge is 0.480 e. The van der Waals surface area contributed by atoms with Gasteiger partial charge in [-0.15, -0.1) is 0 Å². The molecule has 0 saturated carbocycles. The van der Waals surface area contributed by atoms with Gasteiger partial charge in [0, 0.05) is 39.2 Å². The van der Waals surface area contributed by atoms with Crippen LogP contribution in [0, 0.1) is 0 Å². The summed E-state index contributed by atoms with van der Waals surface area (Å²) in [6, 6.07) is -0.803.